The van der Waals surface area contributed by atoms with Gasteiger partial charge in [0, 0.05) is 25.1 Å². The van der Waals surface area contributed by atoms with Crippen molar-refractivity contribution in [1.29, 1.82) is 5.26 Å². The van der Waals surface area contributed by atoms with Gasteiger partial charge in [0.1, 0.15) is 17.5 Å². The van der Waals surface area contributed by atoms with Crippen LogP contribution in [0.2, 0.25) is 0 Å². The second-order valence-corrected chi connectivity index (χ2v) is 6.32. The fourth-order valence-electron chi connectivity index (χ4n) is 3.68. The molecule has 3 atom stereocenters. The van der Waals surface area contributed by atoms with Crippen molar-refractivity contribution in [3.05, 3.63) is 23.8 Å². The maximum Gasteiger partial charge on any atom is 0.240 e. The number of ether oxygens (including phenoxy) is 2. The Balaban J connectivity index is 0.00000225. The molecule has 25 heavy (non-hydrogen) atoms. The summed E-state index contributed by atoms with van der Waals surface area (Å²) in [6, 6.07) is 7.53. The van der Waals surface area contributed by atoms with Crippen molar-refractivity contribution in [2.75, 3.05) is 27.3 Å². The monoisotopic (exact) mass is 365 g/mol. The van der Waals surface area contributed by atoms with Crippen LogP contribution in [0.25, 0.3) is 0 Å². The summed E-state index contributed by atoms with van der Waals surface area (Å²) in [5.74, 6) is 1.80. The first-order valence-corrected chi connectivity index (χ1v) is 8.33. The van der Waals surface area contributed by atoms with E-state index in [0.29, 0.717) is 6.54 Å². The van der Waals surface area contributed by atoms with Crippen LogP contribution in [-0.2, 0) is 4.79 Å². The Labute approximate surface area is 154 Å². The summed E-state index contributed by atoms with van der Waals surface area (Å²) in [5, 5.41) is 12.5. The summed E-state index contributed by atoms with van der Waals surface area (Å²) in [4.78, 5) is 14.4. The first-order chi connectivity index (χ1) is 11.7. The maximum atomic E-state index is 12.7. The SMILES string of the molecule is COc1ccc([C@@H]2CN[C@H](C(=O)N3CCC[C@H]3C#N)C2)c(OC)c1.Cl. The van der Waals surface area contributed by atoms with E-state index in [-0.39, 0.29) is 36.3 Å². The zero-order valence-electron chi connectivity index (χ0n) is 14.5. The minimum atomic E-state index is -0.270. The molecular weight excluding hydrogens is 342 g/mol. The third kappa shape index (κ3) is 3.83. The van der Waals surface area contributed by atoms with Gasteiger partial charge in [-0.1, -0.05) is 6.07 Å². The van der Waals surface area contributed by atoms with Gasteiger partial charge < -0.3 is 19.7 Å². The van der Waals surface area contributed by atoms with E-state index in [1.54, 1.807) is 19.1 Å². The van der Waals surface area contributed by atoms with E-state index in [2.05, 4.69) is 11.4 Å². The summed E-state index contributed by atoms with van der Waals surface area (Å²) >= 11 is 0. The van der Waals surface area contributed by atoms with Gasteiger partial charge >= 0.3 is 0 Å². The molecule has 1 aromatic rings. The fraction of sp³-hybridized carbons (Fsp3) is 0.556. The molecule has 0 spiro atoms. The van der Waals surface area contributed by atoms with E-state index < -0.39 is 0 Å². The quantitative estimate of drug-likeness (QED) is 0.884. The number of halogens is 1. The molecule has 0 radical (unpaired) electrons. The van der Waals surface area contributed by atoms with Crippen molar-refractivity contribution in [3.63, 3.8) is 0 Å². The van der Waals surface area contributed by atoms with Gasteiger partial charge in [-0.15, -0.1) is 12.4 Å². The Morgan fingerprint density at radius 2 is 2.16 bits per heavy atom. The highest BCUT2D eigenvalue weighted by atomic mass is 35.5. The van der Waals surface area contributed by atoms with Gasteiger partial charge in [0.25, 0.3) is 0 Å². The molecule has 2 heterocycles. The van der Waals surface area contributed by atoms with Crippen LogP contribution in [-0.4, -0.2) is 50.2 Å². The molecule has 2 aliphatic rings. The molecule has 6 nitrogen and oxygen atoms in total. The topological polar surface area (TPSA) is 74.6 Å². The lowest BCUT2D eigenvalue weighted by Crippen LogP contribution is -2.45. The van der Waals surface area contributed by atoms with E-state index >= 15 is 0 Å². The van der Waals surface area contributed by atoms with Crippen molar-refractivity contribution in [1.82, 2.24) is 10.2 Å². The smallest absolute Gasteiger partial charge is 0.240 e. The number of hydrogen-bond donors (Lipinski definition) is 1. The number of nitrogens with zero attached hydrogens (tertiary/aromatic N) is 2. The molecule has 3 rings (SSSR count). The average Bonchev–Trinajstić information content (AvgIpc) is 3.29. The molecule has 2 aliphatic heterocycles. The molecule has 0 bridgehead atoms. The molecule has 1 aromatic carbocycles. The normalized spacial score (nSPS) is 25.2. The summed E-state index contributed by atoms with van der Waals surface area (Å²) in [6.07, 6.45) is 2.41. The molecule has 1 N–H and O–H groups in total. The molecule has 2 saturated heterocycles. The molecule has 0 unspecified atom stereocenters. The number of rotatable bonds is 4. The van der Waals surface area contributed by atoms with Crippen molar-refractivity contribution in [2.45, 2.75) is 37.3 Å². The van der Waals surface area contributed by atoms with Crippen molar-refractivity contribution < 1.29 is 14.3 Å². The zero-order valence-corrected chi connectivity index (χ0v) is 15.3. The minimum Gasteiger partial charge on any atom is -0.497 e. The molecule has 2 fully saturated rings. The van der Waals surface area contributed by atoms with E-state index in [9.17, 15) is 10.1 Å². The summed E-state index contributed by atoms with van der Waals surface area (Å²) < 4.78 is 10.7. The van der Waals surface area contributed by atoms with Gasteiger partial charge in [0.05, 0.1) is 26.3 Å². The molecule has 0 saturated carbocycles. The number of nitrogens with one attached hydrogen (secondary N) is 1. The Morgan fingerprint density at radius 3 is 2.84 bits per heavy atom. The lowest BCUT2D eigenvalue weighted by Gasteiger charge is -2.23. The van der Waals surface area contributed by atoms with Crippen LogP contribution in [0.15, 0.2) is 18.2 Å². The second kappa shape index (κ2) is 8.41. The molecular formula is C18H24ClN3O3. The van der Waals surface area contributed by atoms with Gasteiger partial charge in [0.2, 0.25) is 5.91 Å². The summed E-state index contributed by atoms with van der Waals surface area (Å²) in [6.45, 7) is 1.41. The van der Waals surface area contributed by atoms with Gasteiger partial charge in [-0.05, 0) is 30.9 Å². The van der Waals surface area contributed by atoms with Crippen molar-refractivity contribution >= 4 is 18.3 Å². The van der Waals surface area contributed by atoms with Crippen LogP contribution >= 0.6 is 12.4 Å². The summed E-state index contributed by atoms with van der Waals surface area (Å²) in [7, 11) is 3.27. The highest BCUT2D eigenvalue weighted by Crippen LogP contribution is 2.35. The molecule has 0 aromatic heterocycles. The molecule has 0 aliphatic carbocycles. The van der Waals surface area contributed by atoms with Crippen LogP contribution < -0.4 is 14.8 Å². The van der Waals surface area contributed by atoms with Gasteiger partial charge in [-0.3, -0.25) is 4.79 Å². The van der Waals surface area contributed by atoms with Crippen molar-refractivity contribution in [2.24, 2.45) is 0 Å². The molecule has 7 heteroatoms. The van der Waals surface area contributed by atoms with E-state index in [1.807, 2.05) is 18.2 Å². The third-order valence-corrected chi connectivity index (χ3v) is 4.99. The van der Waals surface area contributed by atoms with E-state index in [4.69, 9.17) is 9.47 Å². The number of hydrogen-bond acceptors (Lipinski definition) is 5. The first-order valence-electron chi connectivity index (χ1n) is 8.33. The third-order valence-electron chi connectivity index (χ3n) is 4.99. The highest BCUT2D eigenvalue weighted by Gasteiger charge is 2.38. The van der Waals surface area contributed by atoms with Crippen LogP contribution in [0.3, 0.4) is 0 Å². The maximum absolute atomic E-state index is 12.7. The standard InChI is InChI=1S/C18H23N3O3.ClH/c1-23-14-5-6-15(17(9-14)24-2)12-8-16(20-11-12)18(22)21-7-3-4-13(21)10-19;/h5-6,9,12-13,16,20H,3-4,7-8,11H2,1-2H3;1H/t12-,13-,16-;/m0./s1. The highest BCUT2D eigenvalue weighted by molar-refractivity contribution is 5.85. The Morgan fingerprint density at radius 1 is 1.36 bits per heavy atom. The molecule has 1 amide bonds. The average molecular weight is 366 g/mol. The Hall–Kier alpha value is -1.97. The predicted molar refractivity (Wildman–Crippen MR) is 96.3 cm³/mol. The van der Waals surface area contributed by atoms with Crippen molar-refractivity contribution in [3.8, 4) is 17.6 Å². The number of carbonyl (C=O) groups is 1. The van der Waals surface area contributed by atoms with Crippen LogP contribution in [0.5, 0.6) is 11.5 Å². The number of likely N-dealkylation sites (tertiary alicyclic amines) is 1. The second-order valence-electron chi connectivity index (χ2n) is 6.32. The van der Waals surface area contributed by atoms with Gasteiger partial charge in [-0.2, -0.15) is 5.26 Å². The van der Waals surface area contributed by atoms with Crippen LogP contribution in [0, 0.1) is 11.3 Å². The van der Waals surface area contributed by atoms with Gasteiger partial charge in [0.15, 0.2) is 0 Å². The fourth-order valence-corrected chi connectivity index (χ4v) is 3.68. The zero-order chi connectivity index (χ0) is 17.1. The number of carbonyl (C=O) groups excluding carboxylic acids is 1. The number of amides is 1. The summed E-state index contributed by atoms with van der Waals surface area (Å²) in [5.41, 5.74) is 1.08. The largest absolute Gasteiger partial charge is 0.497 e. The predicted octanol–water partition coefficient (Wildman–Crippen LogP) is 2.09. The first kappa shape index (κ1) is 19.4. The lowest BCUT2D eigenvalue weighted by atomic mass is 9.95. The number of methoxy groups -OCH3 is 2. The number of benzene rings is 1. The Bertz CT molecular complexity index is 661. The minimum absolute atomic E-state index is 0. The Kier molecular flexibility index (Phi) is 6.51. The van der Waals surface area contributed by atoms with Crippen LogP contribution in [0.1, 0.15) is 30.7 Å². The van der Waals surface area contributed by atoms with Crippen LogP contribution in [0.4, 0.5) is 0 Å². The van der Waals surface area contributed by atoms with E-state index in [0.717, 1.165) is 42.9 Å². The van der Waals surface area contributed by atoms with E-state index in [1.165, 1.54) is 0 Å². The lowest BCUT2D eigenvalue weighted by molar-refractivity contribution is -0.133. The van der Waals surface area contributed by atoms with Gasteiger partial charge in [-0.25, -0.2) is 0 Å². The molecule has 136 valence electrons. The number of nitriles is 1.